The van der Waals surface area contributed by atoms with Crippen LogP contribution in [-0.2, 0) is 6.42 Å². The fourth-order valence-electron chi connectivity index (χ4n) is 3.14. The van der Waals surface area contributed by atoms with Crippen LogP contribution in [0.15, 0.2) is 60.8 Å². The molecule has 3 aromatic rings. The van der Waals surface area contributed by atoms with Crippen molar-refractivity contribution in [2.45, 2.75) is 12.8 Å². The molecule has 122 valence electrons. The molecule has 4 rings (SSSR count). The fraction of sp³-hybridized carbons (Fsp3) is 0.150. The van der Waals surface area contributed by atoms with Crippen molar-refractivity contribution in [3.05, 3.63) is 71.9 Å². The average molecular weight is 327 g/mol. The van der Waals surface area contributed by atoms with E-state index in [1.54, 1.807) is 12.3 Å². The van der Waals surface area contributed by atoms with Crippen molar-refractivity contribution in [1.29, 1.82) is 5.26 Å². The highest BCUT2D eigenvalue weighted by atomic mass is 15.2. The molecule has 0 amide bonds. The summed E-state index contributed by atoms with van der Waals surface area (Å²) < 4.78 is 0. The number of para-hydroxylation sites is 2. The minimum absolute atomic E-state index is 0.489. The van der Waals surface area contributed by atoms with Crippen LogP contribution in [0.3, 0.4) is 0 Å². The Balaban J connectivity index is 1.66. The SMILES string of the molecule is N#Cc1ccccc1Nc1nccc(N2CCCc3ccccc32)n1. The quantitative estimate of drug-likeness (QED) is 0.782. The average Bonchev–Trinajstić information content (AvgIpc) is 2.68. The second kappa shape index (κ2) is 6.62. The number of nitrogens with one attached hydrogen (secondary N) is 1. The topological polar surface area (TPSA) is 64.8 Å². The zero-order chi connectivity index (χ0) is 17.1. The van der Waals surface area contributed by atoms with Crippen LogP contribution in [0.25, 0.3) is 0 Å². The first-order valence-electron chi connectivity index (χ1n) is 8.30. The molecule has 1 aliphatic rings. The Bertz CT molecular complexity index is 945. The van der Waals surface area contributed by atoms with E-state index in [4.69, 9.17) is 0 Å². The molecule has 25 heavy (non-hydrogen) atoms. The summed E-state index contributed by atoms with van der Waals surface area (Å²) in [5.41, 5.74) is 3.83. The van der Waals surface area contributed by atoms with Gasteiger partial charge in [0.1, 0.15) is 11.9 Å². The van der Waals surface area contributed by atoms with Gasteiger partial charge in [-0.2, -0.15) is 10.2 Å². The van der Waals surface area contributed by atoms with Crippen LogP contribution in [0.1, 0.15) is 17.5 Å². The highest BCUT2D eigenvalue weighted by Gasteiger charge is 2.19. The maximum absolute atomic E-state index is 9.23. The molecule has 2 heterocycles. The monoisotopic (exact) mass is 327 g/mol. The number of hydrogen-bond donors (Lipinski definition) is 1. The molecule has 0 saturated heterocycles. The Labute approximate surface area is 146 Å². The second-order valence-corrected chi connectivity index (χ2v) is 5.90. The highest BCUT2D eigenvalue weighted by molar-refractivity contribution is 5.67. The smallest absolute Gasteiger partial charge is 0.229 e. The molecule has 1 N–H and O–H groups in total. The minimum atomic E-state index is 0.489. The Morgan fingerprint density at radius 1 is 1.04 bits per heavy atom. The van der Waals surface area contributed by atoms with Gasteiger partial charge in [-0.15, -0.1) is 0 Å². The van der Waals surface area contributed by atoms with Gasteiger partial charge in [0.05, 0.1) is 11.3 Å². The lowest BCUT2D eigenvalue weighted by Crippen LogP contribution is -2.25. The standard InChI is InChI=1S/C20H17N5/c21-14-16-7-1-3-9-17(16)23-20-22-12-11-19(24-20)25-13-5-8-15-6-2-4-10-18(15)25/h1-4,6-7,9-12H,5,8,13H2,(H,22,23,24). The first-order valence-corrected chi connectivity index (χ1v) is 8.30. The predicted molar refractivity (Wildman–Crippen MR) is 98.2 cm³/mol. The summed E-state index contributed by atoms with van der Waals surface area (Å²) in [6, 6.07) is 19.9. The Hall–Kier alpha value is -3.39. The summed E-state index contributed by atoms with van der Waals surface area (Å²) in [6.45, 7) is 0.933. The molecule has 0 bridgehead atoms. The van der Waals surface area contributed by atoms with Gasteiger partial charge in [-0.3, -0.25) is 0 Å². The Morgan fingerprint density at radius 2 is 1.88 bits per heavy atom. The molecule has 0 radical (unpaired) electrons. The number of fused-ring (bicyclic) bond motifs is 1. The lowest BCUT2D eigenvalue weighted by Gasteiger charge is -2.30. The van der Waals surface area contributed by atoms with Crippen molar-refractivity contribution in [1.82, 2.24) is 9.97 Å². The number of aryl methyl sites for hydroxylation is 1. The number of hydrogen-bond acceptors (Lipinski definition) is 5. The number of nitrogens with zero attached hydrogens (tertiary/aromatic N) is 4. The van der Waals surface area contributed by atoms with Crippen LogP contribution in [-0.4, -0.2) is 16.5 Å². The van der Waals surface area contributed by atoms with Crippen LogP contribution in [0.4, 0.5) is 23.1 Å². The molecule has 1 aliphatic heterocycles. The maximum Gasteiger partial charge on any atom is 0.229 e. The number of benzene rings is 2. The van der Waals surface area contributed by atoms with Crippen molar-refractivity contribution in [3.8, 4) is 6.07 Å². The molecular weight excluding hydrogens is 310 g/mol. The predicted octanol–water partition coefficient (Wildman–Crippen LogP) is 4.18. The number of aromatic nitrogens is 2. The molecule has 0 saturated carbocycles. The molecule has 5 heteroatoms. The van der Waals surface area contributed by atoms with Crippen molar-refractivity contribution >= 4 is 23.1 Å². The third-order valence-electron chi connectivity index (χ3n) is 4.32. The van der Waals surface area contributed by atoms with Crippen LogP contribution in [0.2, 0.25) is 0 Å². The summed E-state index contributed by atoms with van der Waals surface area (Å²) in [7, 11) is 0. The summed E-state index contributed by atoms with van der Waals surface area (Å²) in [5.74, 6) is 1.35. The van der Waals surface area contributed by atoms with Gasteiger partial charge in [0.15, 0.2) is 0 Å². The van der Waals surface area contributed by atoms with Gasteiger partial charge in [-0.1, -0.05) is 30.3 Å². The summed E-state index contributed by atoms with van der Waals surface area (Å²) >= 11 is 0. The van der Waals surface area contributed by atoms with Crippen LogP contribution in [0, 0.1) is 11.3 Å². The molecule has 0 fully saturated rings. The van der Waals surface area contributed by atoms with E-state index in [9.17, 15) is 5.26 Å². The summed E-state index contributed by atoms with van der Waals surface area (Å²) in [5, 5.41) is 12.4. The molecule has 0 unspecified atom stereocenters. The first kappa shape index (κ1) is 15.2. The summed E-state index contributed by atoms with van der Waals surface area (Å²) in [4.78, 5) is 11.2. The van der Waals surface area contributed by atoms with Crippen molar-refractivity contribution in [2.24, 2.45) is 0 Å². The third kappa shape index (κ3) is 3.02. The lowest BCUT2D eigenvalue weighted by molar-refractivity contribution is 0.759. The number of nitriles is 1. The van der Waals surface area contributed by atoms with Crippen LogP contribution >= 0.6 is 0 Å². The minimum Gasteiger partial charge on any atom is -0.326 e. The molecule has 0 spiro atoms. The Kier molecular flexibility index (Phi) is 4.01. The zero-order valence-corrected chi connectivity index (χ0v) is 13.7. The van der Waals surface area contributed by atoms with Gasteiger partial charge in [-0.05, 0) is 42.7 Å². The molecule has 2 aromatic carbocycles. The molecule has 1 aromatic heterocycles. The normalized spacial score (nSPS) is 13.0. The van der Waals surface area contributed by atoms with Crippen LogP contribution in [0.5, 0.6) is 0 Å². The van der Waals surface area contributed by atoms with Crippen LogP contribution < -0.4 is 10.2 Å². The van der Waals surface area contributed by atoms with E-state index in [0.717, 1.165) is 25.2 Å². The number of anilines is 4. The first-order chi connectivity index (χ1) is 12.3. The highest BCUT2D eigenvalue weighted by Crippen LogP contribution is 2.32. The van der Waals surface area contributed by atoms with Gasteiger partial charge in [0, 0.05) is 18.4 Å². The van der Waals surface area contributed by atoms with Crippen molar-refractivity contribution in [2.75, 3.05) is 16.8 Å². The summed E-state index contributed by atoms with van der Waals surface area (Å²) in [6.07, 6.45) is 3.94. The number of rotatable bonds is 3. The second-order valence-electron chi connectivity index (χ2n) is 5.90. The van der Waals surface area contributed by atoms with E-state index in [1.807, 2.05) is 24.3 Å². The Morgan fingerprint density at radius 3 is 2.80 bits per heavy atom. The van der Waals surface area contributed by atoms with Gasteiger partial charge in [0.25, 0.3) is 0 Å². The van der Waals surface area contributed by atoms with E-state index in [1.165, 1.54) is 11.3 Å². The fourth-order valence-corrected chi connectivity index (χ4v) is 3.14. The molecule has 5 nitrogen and oxygen atoms in total. The largest absolute Gasteiger partial charge is 0.326 e. The third-order valence-corrected chi connectivity index (χ3v) is 4.32. The van der Waals surface area contributed by atoms with Gasteiger partial charge >= 0.3 is 0 Å². The van der Waals surface area contributed by atoms with E-state index in [0.29, 0.717) is 17.2 Å². The lowest BCUT2D eigenvalue weighted by atomic mass is 10.0. The molecular formula is C20H17N5. The molecule has 0 atom stereocenters. The maximum atomic E-state index is 9.23. The molecule has 0 aliphatic carbocycles. The van der Waals surface area contributed by atoms with E-state index in [2.05, 4.69) is 50.5 Å². The van der Waals surface area contributed by atoms with E-state index < -0.39 is 0 Å². The van der Waals surface area contributed by atoms with Gasteiger partial charge in [0.2, 0.25) is 5.95 Å². The van der Waals surface area contributed by atoms with E-state index in [-0.39, 0.29) is 0 Å². The van der Waals surface area contributed by atoms with Gasteiger partial charge in [-0.25, -0.2) is 4.98 Å². The van der Waals surface area contributed by atoms with Gasteiger partial charge < -0.3 is 10.2 Å². The van der Waals surface area contributed by atoms with E-state index >= 15 is 0 Å². The van der Waals surface area contributed by atoms with Crippen molar-refractivity contribution < 1.29 is 0 Å². The van der Waals surface area contributed by atoms with Crippen molar-refractivity contribution in [3.63, 3.8) is 0 Å². The zero-order valence-electron chi connectivity index (χ0n) is 13.7.